The Hall–Kier alpha value is -2.26. The van der Waals surface area contributed by atoms with E-state index in [-0.39, 0.29) is 53.5 Å². The van der Waals surface area contributed by atoms with Crippen molar-refractivity contribution in [3.63, 3.8) is 0 Å². The maximum atomic E-state index is 14.9. The molecule has 1 aromatic rings. The Morgan fingerprint density at radius 2 is 1.66 bits per heavy atom. The fourth-order valence-electron chi connectivity index (χ4n) is 6.93. The summed E-state index contributed by atoms with van der Waals surface area (Å²) in [6, 6.07) is 2.92. The van der Waals surface area contributed by atoms with Crippen LogP contribution in [0.1, 0.15) is 78.2 Å². The first-order chi connectivity index (χ1) is 18.8. The molecule has 0 spiro atoms. The summed E-state index contributed by atoms with van der Waals surface area (Å²) >= 11 is 0. The summed E-state index contributed by atoms with van der Waals surface area (Å²) in [4.78, 5) is 47.6. The van der Waals surface area contributed by atoms with E-state index >= 15 is 0 Å². The molecule has 1 saturated carbocycles. The molecule has 230 valence electrons. The number of piperazine rings is 1. The molecule has 2 heterocycles. The van der Waals surface area contributed by atoms with Crippen molar-refractivity contribution in [1.29, 1.82) is 0 Å². The third kappa shape index (κ3) is 7.22. The van der Waals surface area contributed by atoms with Gasteiger partial charge in [-0.25, -0.2) is 8.78 Å². The second-order valence-electron chi connectivity index (χ2n) is 13.1. The third-order valence-corrected chi connectivity index (χ3v) is 9.43. The largest absolute Gasteiger partial charge is 0.337 e. The summed E-state index contributed by atoms with van der Waals surface area (Å²) in [6.45, 7) is 11.9. The van der Waals surface area contributed by atoms with Crippen molar-refractivity contribution in [2.45, 2.75) is 90.3 Å². The Bertz CT molecular complexity index is 1110. The number of likely N-dealkylation sites (tertiary alicyclic amines) is 1. The van der Waals surface area contributed by atoms with Gasteiger partial charge in [-0.2, -0.15) is 0 Å². The van der Waals surface area contributed by atoms with Crippen molar-refractivity contribution in [1.82, 2.24) is 19.6 Å². The highest BCUT2D eigenvalue weighted by atomic mass is 35.5. The van der Waals surface area contributed by atoms with Crippen LogP contribution in [0.4, 0.5) is 8.78 Å². The second kappa shape index (κ2) is 13.4. The number of benzene rings is 1. The SMILES string of the molecule is CC(=O)N(C)[C@H](C(=O)N1CCN(C(=O)[C@@H]2CN(C(C)(C)C)C[C@H]2c2ccc(F)cc2F)[C@@H](C)C1)C1CCCCC1.Cl. The van der Waals surface area contributed by atoms with E-state index in [1.165, 1.54) is 19.1 Å². The molecule has 0 bridgehead atoms. The summed E-state index contributed by atoms with van der Waals surface area (Å²) in [5.74, 6) is -2.16. The molecule has 41 heavy (non-hydrogen) atoms. The van der Waals surface area contributed by atoms with E-state index in [1.54, 1.807) is 11.9 Å². The molecule has 0 unspecified atom stereocenters. The van der Waals surface area contributed by atoms with Crippen molar-refractivity contribution in [2.24, 2.45) is 11.8 Å². The number of halogens is 3. The van der Waals surface area contributed by atoms with Gasteiger partial charge in [0.25, 0.3) is 0 Å². The molecule has 1 aliphatic carbocycles. The predicted octanol–water partition coefficient (Wildman–Crippen LogP) is 4.69. The standard InChI is InChI=1S/C31H46F2N4O3.ClH/c1-20-17-35(30(40)28(34(6)21(2)38)22-10-8-7-9-11-22)14-15-37(20)29(39)26-19-36(31(3,4)5)18-25(26)24-13-12-23(32)16-27(24)33;/h12-13,16,20,22,25-26,28H,7-11,14-15,17-19H2,1-6H3;1H/t20-,25-,26+,28-;/m0./s1. The Morgan fingerprint density at radius 3 is 2.22 bits per heavy atom. The van der Waals surface area contributed by atoms with Crippen molar-refractivity contribution < 1.29 is 23.2 Å². The molecule has 4 atom stereocenters. The molecule has 1 aromatic carbocycles. The lowest BCUT2D eigenvalue weighted by Gasteiger charge is -2.44. The van der Waals surface area contributed by atoms with Gasteiger partial charge in [0, 0.05) is 70.3 Å². The Morgan fingerprint density at radius 1 is 1.00 bits per heavy atom. The fraction of sp³-hybridized carbons (Fsp3) is 0.710. The first-order valence-electron chi connectivity index (χ1n) is 14.8. The molecule has 2 saturated heterocycles. The van der Waals surface area contributed by atoms with Gasteiger partial charge in [-0.05, 0) is 58.1 Å². The number of carbonyl (C=O) groups is 3. The third-order valence-electron chi connectivity index (χ3n) is 9.43. The minimum Gasteiger partial charge on any atom is -0.337 e. The van der Waals surface area contributed by atoms with E-state index in [1.807, 2.05) is 16.7 Å². The first kappa shape index (κ1) is 33.2. The minimum absolute atomic E-state index is 0. The Balaban J connectivity index is 0.00000462. The van der Waals surface area contributed by atoms with Gasteiger partial charge in [0.05, 0.1) is 5.92 Å². The minimum atomic E-state index is -0.633. The number of nitrogens with zero attached hydrogens (tertiary/aromatic N) is 4. The van der Waals surface area contributed by atoms with Crippen molar-refractivity contribution in [3.8, 4) is 0 Å². The highest BCUT2D eigenvalue weighted by Crippen LogP contribution is 2.39. The number of likely N-dealkylation sites (N-methyl/N-ethyl adjacent to an activating group) is 1. The van der Waals surface area contributed by atoms with Crippen molar-refractivity contribution >= 4 is 30.1 Å². The van der Waals surface area contributed by atoms with Gasteiger partial charge in [-0.15, -0.1) is 12.4 Å². The van der Waals surface area contributed by atoms with Gasteiger partial charge in [0.1, 0.15) is 17.7 Å². The van der Waals surface area contributed by atoms with Crippen molar-refractivity contribution in [3.05, 3.63) is 35.4 Å². The summed E-state index contributed by atoms with van der Waals surface area (Å²) in [5, 5.41) is 0. The zero-order valence-corrected chi connectivity index (χ0v) is 26.2. The van der Waals surface area contributed by atoms with Crippen molar-refractivity contribution in [2.75, 3.05) is 39.8 Å². The normalized spacial score (nSPS) is 25.0. The molecule has 3 amide bonds. The van der Waals surface area contributed by atoms with Crippen LogP contribution < -0.4 is 0 Å². The highest BCUT2D eigenvalue weighted by Gasteiger charge is 2.46. The van der Waals surface area contributed by atoms with Crippen LogP contribution in [-0.4, -0.2) is 94.7 Å². The van der Waals surface area contributed by atoms with Crippen LogP contribution in [0.2, 0.25) is 0 Å². The van der Waals surface area contributed by atoms with Crippen LogP contribution in [0.15, 0.2) is 18.2 Å². The maximum absolute atomic E-state index is 14.9. The molecule has 0 N–H and O–H groups in total. The van der Waals surface area contributed by atoms with Gasteiger partial charge in [-0.1, -0.05) is 25.3 Å². The lowest BCUT2D eigenvalue weighted by Crippen LogP contribution is -2.61. The molecule has 2 aliphatic heterocycles. The number of hydrogen-bond acceptors (Lipinski definition) is 4. The number of carbonyl (C=O) groups excluding carboxylic acids is 3. The lowest BCUT2D eigenvalue weighted by molar-refractivity contribution is -0.152. The maximum Gasteiger partial charge on any atom is 0.245 e. The topological polar surface area (TPSA) is 64.2 Å². The van der Waals surface area contributed by atoms with E-state index in [0.29, 0.717) is 38.3 Å². The molecule has 7 nitrogen and oxygen atoms in total. The van der Waals surface area contributed by atoms with Gasteiger partial charge >= 0.3 is 0 Å². The van der Waals surface area contributed by atoms with Crippen LogP contribution in [0.3, 0.4) is 0 Å². The van der Waals surface area contributed by atoms with E-state index in [9.17, 15) is 23.2 Å². The zero-order valence-electron chi connectivity index (χ0n) is 25.4. The second-order valence-corrected chi connectivity index (χ2v) is 13.1. The molecular weight excluding hydrogens is 550 g/mol. The predicted molar refractivity (Wildman–Crippen MR) is 158 cm³/mol. The molecule has 3 aliphatic rings. The summed E-state index contributed by atoms with van der Waals surface area (Å²) in [5.41, 5.74) is 0.160. The number of rotatable bonds is 5. The van der Waals surface area contributed by atoms with Crippen LogP contribution >= 0.6 is 12.4 Å². The smallest absolute Gasteiger partial charge is 0.245 e. The first-order valence-corrected chi connectivity index (χ1v) is 14.8. The average molecular weight is 597 g/mol. The van der Waals surface area contributed by atoms with E-state index in [4.69, 9.17) is 0 Å². The number of amides is 3. The Kier molecular flexibility index (Phi) is 10.8. The fourth-order valence-corrected chi connectivity index (χ4v) is 6.93. The quantitative estimate of drug-likeness (QED) is 0.495. The lowest BCUT2D eigenvalue weighted by atomic mass is 9.82. The van der Waals surface area contributed by atoms with Crippen LogP contribution in [-0.2, 0) is 14.4 Å². The van der Waals surface area contributed by atoms with Gasteiger partial charge in [0.2, 0.25) is 17.7 Å². The highest BCUT2D eigenvalue weighted by molar-refractivity contribution is 5.88. The Labute approximate surface area is 250 Å². The van der Waals surface area contributed by atoms with Crippen LogP contribution in [0.25, 0.3) is 0 Å². The molecule has 4 rings (SSSR count). The monoisotopic (exact) mass is 596 g/mol. The van der Waals surface area contributed by atoms with Crippen LogP contribution in [0.5, 0.6) is 0 Å². The van der Waals surface area contributed by atoms with Gasteiger partial charge in [0.15, 0.2) is 0 Å². The average Bonchev–Trinajstić information content (AvgIpc) is 3.35. The summed E-state index contributed by atoms with van der Waals surface area (Å²) in [6.07, 6.45) is 5.18. The van der Waals surface area contributed by atoms with E-state index < -0.39 is 23.6 Å². The molecule has 3 fully saturated rings. The zero-order chi connectivity index (χ0) is 29.4. The van der Waals surface area contributed by atoms with Crippen LogP contribution in [0, 0.1) is 23.5 Å². The number of hydrogen-bond donors (Lipinski definition) is 0. The summed E-state index contributed by atoms with van der Waals surface area (Å²) in [7, 11) is 1.72. The van der Waals surface area contributed by atoms with Gasteiger partial charge < -0.3 is 14.7 Å². The molecular formula is C31H47ClF2N4O3. The summed E-state index contributed by atoms with van der Waals surface area (Å²) < 4.78 is 28.6. The molecule has 10 heteroatoms. The molecule has 0 aromatic heterocycles. The molecule has 0 radical (unpaired) electrons. The van der Waals surface area contributed by atoms with E-state index in [0.717, 1.165) is 38.2 Å². The van der Waals surface area contributed by atoms with E-state index in [2.05, 4.69) is 25.7 Å². The van der Waals surface area contributed by atoms with Gasteiger partial charge in [-0.3, -0.25) is 19.3 Å².